The molecule has 1 saturated heterocycles. The number of nitrogens with two attached hydrogens (primary N) is 1. The highest BCUT2D eigenvalue weighted by Crippen LogP contribution is 2.14. The molecule has 2 aromatic heterocycles. The number of carbonyl (C=O) groups excluding carboxylic acids is 2. The minimum Gasteiger partial charge on any atom is -0.338 e. The van der Waals surface area contributed by atoms with Crippen molar-refractivity contribution in [2.45, 2.75) is 13.3 Å². The normalized spacial score (nSPS) is 14.7. The smallest absolute Gasteiger partial charge is 0.310 e. The Morgan fingerprint density at radius 2 is 2.16 bits per heavy atom. The lowest BCUT2D eigenvalue weighted by Gasteiger charge is -2.31. The predicted molar refractivity (Wildman–Crippen MR) is 91.2 cm³/mol. The van der Waals surface area contributed by atoms with E-state index in [1.807, 2.05) is 0 Å². The molecule has 1 fully saturated rings. The zero-order valence-electron chi connectivity index (χ0n) is 14.1. The minimum absolute atomic E-state index is 0.0964. The average molecular weight is 342 g/mol. The number of pyridine rings is 1. The maximum Gasteiger partial charge on any atom is 0.310 e. The van der Waals surface area contributed by atoms with Crippen molar-refractivity contribution in [3.8, 4) is 0 Å². The van der Waals surface area contributed by atoms with Gasteiger partial charge < -0.3 is 20.9 Å². The molecule has 0 radical (unpaired) electrons. The number of rotatable bonds is 5. The van der Waals surface area contributed by atoms with Gasteiger partial charge in [-0.1, -0.05) is 0 Å². The third kappa shape index (κ3) is 3.26. The van der Waals surface area contributed by atoms with Gasteiger partial charge >= 0.3 is 5.91 Å². The highest BCUT2D eigenvalue weighted by molar-refractivity contribution is 6.18. The van der Waals surface area contributed by atoms with E-state index in [-0.39, 0.29) is 17.2 Å². The molecule has 0 aliphatic carbocycles. The van der Waals surface area contributed by atoms with Gasteiger partial charge in [0.05, 0.1) is 7.05 Å². The summed E-state index contributed by atoms with van der Waals surface area (Å²) in [6.07, 6.45) is 3.60. The van der Waals surface area contributed by atoms with E-state index in [1.165, 1.54) is 0 Å². The van der Waals surface area contributed by atoms with Crippen LogP contribution in [0.3, 0.4) is 0 Å². The molecule has 0 bridgehead atoms. The first-order valence-corrected chi connectivity index (χ1v) is 8.01. The second kappa shape index (κ2) is 6.81. The molecular formula is C16H20N7O2+. The molecule has 9 nitrogen and oxygen atoms in total. The molecule has 130 valence electrons. The van der Waals surface area contributed by atoms with Crippen LogP contribution in [0, 0.1) is 12.3 Å². The number of hydrogen-bond acceptors (Lipinski definition) is 5. The van der Waals surface area contributed by atoms with E-state index in [9.17, 15) is 9.59 Å². The van der Waals surface area contributed by atoms with E-state index < -0.39 is 5.91 Å². The van der Waals surface area contributed by atoms with Crippen molar-refractivity contribution in [1.29, 1.82) is 5.41 Å². The van der Waals surface area contributed by atoms with Gasteiger partial charge in [0.25, 0.3) is 5.91 Å². The summed E-state index contributed by atoms with van der Waals surface area (Å²) in [5.41, 5.74) is 1.44. The van der Waals surface area contributed by atoms with Crippen molar-refractivity contribution in [2.75, 3.05) is 25.5 Å². The molecule has 0 spiro atoms. The second-order valence-corrected chi connectivity index (χ2v) is 5.74. The SMILES string of the molecule is C[NH2+]/C(C(=O)Nc1ccn2nc(C)nc2c1)=C(\C=N)C(=O)N1CCC1. The molecule has 4 N–H and O–H groups in total. The van der Waals surface area contributed by atoms with E-state index in [0.717, 1.165) is 12.6 Å². The summed E-state index contributed by atoms with van der Waals surface area (Å²) >= 11 is 0. The van der Waals surface area contributed by atoms with Gasteiger partial charge in [0, 0.05) is 37.3 Å². The van der Waals surface area contributed by atoms with Gasteiger partial charge in [0.15, 0.2) is 5.65 Å². The number of quaternary nitrogens is 1. The number of fused-ring (bicyclic) bond motifs is 1. The number of likely N-dealkylation sites (N-methyl/N-ethyl adjacent to an activating group) is 1. The summed E-state index contributed by atoms with van der Waals surface area (Å²) in [5, 5.41) is 16.0. The molecular weight excluding hydrogens is 322 g/mol. The Morgan fingerprint density at radius 1 is 1.40 bits per heavy atom. The summed E-state index contributed by atoms with van der Waals surface area (Å²) in [6, 6.07) is 3.40. The van der Waals surface area contributed by atoms with Crippen molar-refractivity contribution in [2.24, 2.45) is 0 Å². The molecule has 1 aliphatic rings. The van der Waals surface area contributed by atoms with E-state index in [1.54, 1.807) is 47.0 Å². The fourth-order valence-electron chi connectivity index (χ4n) is 2.62. The van der Waals surface area contributed by atoms with Crippen LogP contribution in [-0.2, 0) is 9.59 Å². The number of hydrogen-bond donors (Lipinski definition) is 3. The molecule has 2 aromatic rings. The minimum atomic E-state index is -0.435. The number of amides is 2. The number of carbonyl (C=O) groups is 2. The molecule has 0 aromatic carbocycles. The van der Waals surface area contributed by atoms with E-state index in [2.05, 4.69) is 15.4 Å². The zero-order chi connectivity index (χ0) is 18.0. The molecule has 2 amide bonds. The zero-order valence-corrected chi connectivity index (χ0v) is 14.1. The fourth-order valence-corrected chi connectivity index (χ4v) is 2.62. The van der Waals surface area contributed by atoms with E-state index >= 15 is 0 Å². The number of aromatic nitrogens is 3. The van der Waals surface area contributed by atoms with Gasteiger partial charge in [0.2, 0.25) is 5.70 Å². The monoisotopic (exact) mass is 342 g/mol. The standard InChI is InChI=1S/C16H19N7O2/c1-10-19-13-8-11(4-7-23(13)21-10)20-15(24)14(18-2)12(9-17)16(25)22-5-3-6-22/h4,7-9,17-18H,3,5-6H2,1-2H3,(H,20,24)/p+1/b14-12+,17-9?. The lowest BCUT2D eigenvalue weighted by atomic mass is 10.1. The quantitative estimate of drug-likeness (QED) is 0.492. The maximum atomic E-state index is 12.6. The predicted octanol–water partition coefficient (Wildman–Crippen LogP) is -0.695. The molecule has 25 heavy (non-hydrogen) atoms. The molecule has 0 unspecified atom stereocenters. The Balaban J connectivity index is 1.85. The van der Waals surface area contributed by atoms with Crippen LogP contribution in [0.2, 0.25) is 0 Å². The Bertz CT molecular complexity index is 880. The van der Waals surface area contributed by atoms with Crippen molar-refractivity contribution in [1.82, 2.24) is 19.5 Å². The van der Waals surface area contributed by atoms with Gasteiger partial charge in [-0.25, -0.2) is 9.50 Å². The molecule has 0 atom stereocenters. The first-order valence-electron chi connectivity index (χ1n) is 8.01. The Morgan fingerprint density at radius 3 is 2.76 bits per heavy atom. The summed E-state index contributed by atoms with van der Waals surface area (Å²) in [4.78, 5) is 30.9. The van der Waals surface area contributed by atoms with Gasteiger partial charge in [-0.15, -0.1) is 0 Å². The Labute approximate surface area is 144 Å². The topological polar surface area (TPSA) is 120 Å². The largest absolute Gasteiger partial charge is 0.338 e. The highest BCUT2D eigenvalue weighted by Gasteiger charge is 2.29. The lowest BCUT2D eigenvalue weighted by Crippen LogP contribution is -2.80. The number of aryl methyl sites for hydroxylation is 1. The Hall–Kier alpha value is -3.07. The third-order valence-electron chi connectivity index (χ3n) is 4.04. The van der Waals surface area contributed by atoms with Gasteiger partial charge in [-0.2, -0.15) is 5.10 Å². The highest BCUT2D eigenvalue weighted by atomic mass is 16.2. The van der Waals surface area contributed by atoms with Gasteiger partial charge in [-0.05, 0) is 19.4 Å². The first-order chi connectivity index (χ1) is 12.0. The van der Waals surface area contributed by atoms with Gasteiger partial charge in [-0.3, -0.25) is 9.59 Å². The first kappa shape index (κ1) is 16.8. The van der Waals surface area contributed by atoms with Crippen LogP contribution in [0.25, 0.3) is 5.65 Å². The van der Waals surface area contributed by atoms with Crippen LogP contribution in [0.1, 0.15) is 12.2 Å². The number of nitrogens with zero attached hydrogens (tertiary/aromatic N) is 4. The van der Waals surface area contributed by atoms with Crippen molar-refractivity contribution < 1.29 is 14.9 Å². The van der Waals surface area contributed by atoms with Crippen LogP contribution in [0.15, 0.2) is 29.6 Å². The molecule has 1 aliphatic heterocycles. The number of nitrogens with one attached hydrogen (secondary N) is 2. The third-order valence-corrected chi connectivity index (χ3v) is 4.04. The molecule has 0 saturated carbocycles. The fraction of sp³-hybridized carbons (Fsp3) is 0.312. The summed E-state index contributed by atoms with van der Waals surface area (Å²) < 4.78 is 1.62. The van der Waals surface area contributed by atoms with Crippen LogP contribution >= 0.6 is 0 Å². The second-order valence-electron chi connectivity index (χ2n) is 5.74. The summed E-state index contributed by atoms with van der Waals surface area (Å²) in [7, 11) is 1.67. The van der Waals surface area contributed by atoms with Crippen LogP contribution in [0.5, 0.6) is 0 Å². The van der Waals surface area contributed by atoms with Crippen LogP contribution < -0.4 is 10.6 Å². The van der Waals surface area contributed by atoms with E-state index in [4.69, 9.17) is 5.41 Å². The lowest BCUT2D eigenvalue weighted by molar-refractivity contribution is -0.570. The number of anilines is 1. The van der Waals surface area contributed by atoms with Crippen molar-refractivity contribution in [3.05, 3.63) is 35.4 Å². The number of likely N-dealkylation sites (tertiary alicyclic amines) is 1. The van der Waals surface area contributed by atoms with Crippen LogP contribution in [-0.4, -0.2) is 57.7 Å². The van der Waals surface area contributed by atoms with Crippen molar-refractivity contribution in [3.63, 3.8) is 0 Å². The Kier molecular flexibility index (Phi) is 4.57. The van der Waals surface area contributed by atoms with E-state index in [0.29, 0.717) is 30.2 Å². The summed E-state index contributed by atoms with van der Waals surface area (Å²) in [5.74, 6) is -0.0827. The molecule has 3 rings (SSSR count). The van der Waals surface area contributed by atoms with Crippen LogP contribution in [0.4, 0.5) is 5.69 Å². The molecule has 9 heteroatoms. The summed E-state index contributed by atoms with van der Waals surface area (Å²) in [6.45, 7) is 3.12. The molecule has 3 heterocycles. The average Bonchev–Trinajstić information content (AvgIpc) is 2.89. The maximum absolute atomic E-state index is 12.6. The van der Waals surface area contributed by atoms with Gasteiger partial charge in [0.1, 0.15) is 11.4 Å². The van der Waals surface area contributed by atoms with Crippen molar-refractivity contribution >= 4 is 29.4 Å².